The van der Waals surface area contributed by atoms with E-state index in [2.05, 4.69) is 66.4 Å². The number of unbranched alkanes of at least 4 members (excludes halogenated alkanes) is 3. The molecule has 0 amide bonds. The molecule has 0 saturated carbocycles. The van der Waals surface area contributed by atoms with Crippen molar-refractivity contribution in [1.82, 2.24) is 4.90 Å². The van der Waals surface area contributed by atoms with E-state index in [9.17, 15) is 0 Å². The lowest BCUT2D eigenvalue weighted by atomic mass is 10.1. The largest absolute Gasteiger partial charge is 0.356 e. The lowest BCUT2D eigenvalue weighted by molar-refractivity contribution is 0.276. The first-order chi connectivity index (χ1) is 9.86. The molecule has 0 fully saturated rings. The molecule has 0 radical (unpaired) electrons. The van der Waals surface area contributed by atoms with E-state index < -0.39 is 0 Å². The second kappa shape index (κ2) is 7.98. The van der Waals surface area contributed by atoms with E-state index in [1.54, 1.807) is 0 Å². The summed E-state index contributed by atoms with van der Waals surface area (Å²) in [6.07, 6.45) is 12.8. The molecule has 2 rings (SSSR count). The molecule has 2 nitrogen and oxygen atoms in total. The zero-order valence-electron chi connectivity index (χ0n) is 13.0. The monoisotopic (exact) mass is 272 g/mol. The molecule has 1 heterocycles. The van der Waals surface area contributed by atoms with Crippen molar-refractivity contribution in [3.05, 3.63) is 42.7 Å². The smallest absolute Gasteiger partial charge is 0.105 e. The van der Waals surface area contributed by atoms with Gasteiger partial charge < -0.3 is 9.80 Å². The molecule has 1 atom stereocenters. The van der Waals surface area contributed by atoms with E-state index in [0.717, 1.165) is 0 Å². The van der Waals surface area contributed by atoms with E-state index in [-0.39, 0.29) is 0 Å². The Bertz CT molecular complexity index is 399. The minimum atomic E-state index is 0.510. The molecule has 1 aromatic rings. The van der Waals surface area contributed by atoms with Gasteiger partial charge in [-0.15, -0.1) is 0 Å². The molecule has 1 aliphatic heterocycles. The van der Waals surface area contributed by atoms with Crippen LogP contribution < -0.4 is 4.90 Å². The van der Waals surface area contributed by atoms with Crippen LogP contribution in [0.1, 0.15) is 52.4 Å². The summed E-state index contributed by atoms with van der Waals surface area (Å²) in [5.41, 5.74) is 1.31. The fourth-order valence-electron chi connectivity index (χ4n) is 2.82. The van der Waals surface area contributed by atoms with Gasteiger partial charge in [-0.2, -0.15) is 0 Å². The average Bonchev–Trinajstić information content (AvgIpc) is 2.89. The van der Waals surface area contributed by atoms with Crippen molar-refractivity contribution in [1.29, 1.82) is 0 Å². The fraction of sp³-hybridized carbons (Fsp3) is 0.556. The molecule has 20 heavy (non-hydrogen) atoms. The van der Waals surface area contributed by atoms with Crippen LogP contribution >= 0.6 is 0 Å². The van der Waals surface area contributed by atoms with Gasteiger partial charge in [0.2, 0.25) is 0 Å². The summed E-state index contributed by atoms with van der Waals surface area (Å²) in [6.45, 7) is 5.71. The Kier molecular flexibility index (Phi) is 5.97. The number of nitrogens with zero attached hydrogens (tertiary/aromatic N) is 2. The zero-order chi connectivity index (χ0) is 14.2. The molecule has 0 N–H and O–H groups in total. The van der Waals surface area contributed by atoms with Gasteiger partial charge in [-0.25, -0.2) is 0 Å². The Morgan fingerprint density at radius 1 is 0.900 bits per heavy atom. The normalized spacial score (nSPS) is 18.0. The predicted octanol–water partition coefficient (Wildman–Crippen LogP) is 4.99. The van der Waals surface area contributed by atoms with Crippen LogP contribution in [0.3, 0.4) is 0 Å². The highest BCUT2D eigenvalue weighted by molar-refractivity contribution is 5.51. The number of hydrogen-bond acceptors (Lipinski definition) is 2. The lowest BCUT2D eigenvalue weighted by Crippen LogP contribution is -2.39. The van der Waals surface area contributed by atoms with Crippen LogP contribution in [0.4, 0.5) is 5.69 Å². The first-order valence-electron chi connectivity index (χ1n) is 8.14. The van der Waals surface area contributed by atoms with Crippen molar-refractivity contribution in [3.8, 4) is 0 Å². The highest BCUT2D eigenvalue weighted by Crippen LogP contribution is 2.27. The number of rotatable bonds is 8. The number of anilines is 1. The molecule has 1 unspecified atom stereocenters. The van der Waals surface area contributed by atoms with Gasteiger partial charge in [0.1, 0.15) is 6.17 Å². The molecular formula is C18H28N2. The van der Waals surface area contributed by atoms with Gasteiger partial charge in [0.15, 0.2) is 0 Å². The molecule has 110 valence electrons. The summed E-state index contributed by atoms with van der Waals surface area (Å²) in [5.74, 6) is 0. The van der Waals surface area contributed by atoms with Crippen LogP contribution in [0.15, 0.2) is 42.7 Å². The molecule has 1 aliphatic rings. The summed E-state index contributed by atoms with van der Waals surface area (Å²) < 4.78 is 0. The highest BCUT2D eigenvalue weighted by atomic mass is 15.4. The Morgan fingerprint density at radius 2 is 1.65 bits per heavy atom. The van der Waals surface area contributed by atoms with Crippen LogP contribution in [-0.2, 0) is 0 Å². The highest BCUT2D eigenvalue weighted by Gasteiger charge is 2.26. The minimum absolute atomic E-state index is 0.510. The van der Waals surface area contributed by atoms with Crippen molar-refractivity contribution >= 4 is 5.69 Å². The standard InChI is InChI=1S/C18H28N2/c1-3-5-8-13-18-19(14-6-4-2)15-16-20(18)17-11-9-7-10-12-17/h7,9-12,15-16,18H,3-6,8,13-14H2,1-2H3. The first-order valence-corrected chi connectivity index (χ1v) is 8.14. The van der Waals surface area contributed by atoms with Crippen LogP contribution in [0, 0.1) is 0 Å². The van der Waals surface area contributed by atoms with Gasteiger partial charge in [-0.05, 0) is 31.4 Å². The summed E-state index contributed by atoms with van der Waals surface area (Å²) in [6, 6.07) is 10.8. The van der Waals surface area contributed by atoms with Crippen LogP contribution in [0.2, 0.25) is 0 Å². The molecule has 1 aromatic carbocycles. The van der Waals surface area contributed by atoms with Gasteiger partial charge >= 0.3 is 0 Å². The molecule has 0 spiro atoms. The summed E-state index contributed by atoms with van der Waals surface area (Å²) in [5, 5.41) is 0. The van der Waals surface area contributed by atoms with Crippen LogP contribution in [0.25, 0.3) is 0 Å². The molecule has 0 saturated heterocycles. The van der Waals surface area contributed by atoms with Crippen molar-refractivity contribution in [3.63, 3.8) is 0 Å². The molecular weight excluding hydrogens is 244 g/mol. The average molecular weight is 272 g/mol. The Morgan fingerprint density at radius 3 is 2.35 bits per heavy atom. The summed E-state index contributed by atoms with van der Waals surface area (Å²) in [7, 11) is 0. The van der Waals surface area contributed by atoms with E-state index in [1.165, 1.54) is 50.8 Å². The maximum Gasteiger partial charge on any atom is 0.105 e. The topological polar surface area (TPSA) is 6.48 Å². The summed E-state index contributed by atoms with van der Waals surface area (Å²) >= 11 is 0. The molecule has 0 bridgehead atoms. The quantitative estimate of drug-likeness (QED) is 0.615. The maximum absolute atomic E-state index is 2.52. The maximum atomic E-state index is 2.52. The van der Waals surface area contributed by atoms with Crippen LogP contribution in [0.5, 0.6) is 0 Å². The Labute approximate surface area is 124 Å². The molecule has 2 heteroatoms. The molecule has 0 aliphatic carbocycles. The van der Waals surface area contributed by atoms with Gasteiger partial charge in [-0.3, -0.25) is 0 Å². The lowest BCUT2D eigenvalue weighted by Gasteiger charge is -2.33. The zero-order valence-corrected chi connectivity index (χ0v) is 13.0. The van der Waals surface area contributed by atoms with Gasteiger partial charge in [0.05, 0.1) is 0 Å². The van der Waals surface area contributed by atoms with E-state index in [4.69, 9.17) is 0 Å². The van der Waals surface area contributed by atoms with Crippen molar-refractivity contribution in [2.24, 2.45) is 0 Å². The Hall–Kier alpha value is -1.44. The van der Waals surface area contributed by atoms with Crippen molar-refractivity contribution in [2.75, 3.05) is 11.4 Å². The first kappa shape index (κ1) is 15.0. The summed E-state index contributed by atoms with van der Waals surface area (Å²) in [4.78, 5) is 4.96. The van der Waals surface area contributed by atoms with Gasteiger partial charge in [-0.1, -0.05) is 51.3 Å². The third kappa shape index (κ3) is 3.78. The van der Waals surface area contributed by atoms with Gasteiger partial charge in [0.25, 0.3) is 0 Å². The van der Waals surface area contributed by atoms with Crippen molar-refractivity contribution < 1.29 is 0 Å². The van der Waals surface area contributed by atoms with Crippen molar-refractivity contribution in [2.45, 2.75) is 58.5 Å². The van der Waals surface area contributed by atoms with Gasteiger partial charge in [0, 0.05) is 24.6 Å². The van der Waals surface area contributed by atoms with E-state index in [1.807, 2.05) is 0 Å². The number of benzene rings is 1. The van der Waals surface area contributed by atoms with E-state index in [0.29, 0.717) is 6.17 Å². The SMILES string of the molecule is CCCCCC1N(CCCC)C=CN1c1ccccc1. The minimum Gasteiger partial charge on any atom is -0.356 e. The predicted molar refractivity (Wildman–Crippen MR) is 87.6 cm³/mol. The third-order valence-electron chi connectivity index (χ3n) is 4.01. The second-order valence-corrected chi connectivity index (χ2v) is 5.61. The second-order valence-electron chi connectivity index (χ2n) is 5.61. The molecule has 0 aromatic heterocycles. The van der Waals surface area contributed by atoms with Crippen LogP contribution in [-0.4, -0.2) is 17.6 Å². The van der Waals surface area contributed by atoms with E-state index >= 15 is 0 Å². The number of hydrogen-bond donors (Lipinski definition) is 0. The fourth-order valence-corrected chi connectivity index (χ4v) is 2.82. The Balaban J connectivity index is 2.04. The number of para-hydroxylation sites is 1. The third-order valence-corrected chi connectivity index (χ3v) is 4.01.